The van der Waals surface area contributed by atoms with Crippen LogP contribution in [0.1, 0.15) is 13.3 Å². The minimum Gasteiger partial charge on any atom is -0.480 e. The molecule has 0 heterocycles. The van der Waals surface area contributed by atoms with Crippen molar-refractivity contribution in [2.75, 3.05) is 13.2 Å². The van der Waals surface area contributed by atoms with E-state index in [1.807, 2.05) is 5.32 Å². The van der Waals surface area contributed by atoms with Gasteiger partial charge in [-0.15, -0.1) is 0 Å². The SMILES string of the molecule is CC(O)C(NC(=O)C(N)CO)C(=O)NCC(=O)NC(CC(N)=O)C(=O)O. The smallest absolute Gasteiger partial charge is 0.326 e. The molecule has 0 aromatic carbocycles. The van der Waals surface area contributed by atoms with E-state index in [1.54, 1.807) is 0 Å². The molecule has 13 heteroatoms. The lowest BCUT2D eigenvalue weighted by Crippen LogP contribution is -2.57. The van der Waals surface area contributed by atoms with Crippen LogP contribution in [-0.2, 0) is 24.0 Å². The summed E-state index contributed by atoms with van der Waals surface area (Å²) in [5, 5.41) is 33.4. The molecule has 0 aliphatic heterocycles. The molecule has 0 fully saturated rings. The van der Waals surface area contributed by atoms with Crippen LogP contribution < -0.4 is 27.4 Å². The highest BCUT2D eigenvalue weighted by Gasteiger charge is 2.28. The average molecular weight is 377 g/mol. The van der Waals surface area contributed by atoms with Crippen LogP contribution in [0.2, 0.25) is 0 Å². The molecule has 0 aromatic rings. The highest BCUT2D eigenvalue weighted by atomic mass is 16.4. The number of rotatable bonds is 11. The van der Waals surface area contributed by atoms with Gasteiger partial charge in [0.15, 0.2) is 0 Å². The molecule has 0 radical (unpaired) electrons. The lowest BCUT2D eigenvalue weighted by atomic mass is 10.1. The van der Waals surface area contributed by atoms with Crippen LogP contribution in [0.3, 0.4) is 0 Å². The Morgan fingerprint density at radius 1 is 1.08 bits per heavy atom. The molecule has 4 amide bonds. The molecule has 0 saturated heterocycles. The van der Waals surface area contributed by atoms with E-state index in [0.29, 0.717) is 0 Å². The highest BCUT2D eigenvalue weighted by molar-refractivity contribution is 5.93. The predicted molar refractivity (Wildman–Crippen MR) is 85.1 cm³/mol. The number of primary amides is 1. The Morgan fingerprint density at radius 2 is 1.65 bits per heavy atom. The van der Waals surface area contributed by atoms with Crippen molar-refractivity contribution in [3.8, 4) is 0 Å². The highest BCUT2D eigenvalue weighted by Crippen LogP contribution is 1.95. The van der Waals surface area contributed by atoms with Gasteiger partial charge in [-0.1, -0.05) is 0 Å². The first-order valence-corrected chi connectivity index (χ1v) is 7.42. The second-order valence-corrected chi connectivity index (χ2v) is 5.36. The second kappa shape index (κ2) is 11.0. The fourth-order valence-electron chi connectivity index (χ4n) is 1.67. The van der Waals surface area contributed by atoms with Gasteiger partial charge in [0.25, 0.3) is 0 Å². The summed E-state index contributed by atoms with van der Waals surface area (Å²) in [4.78, 5) is 56.9. The average Bonchev–Trinajstić information content (AvgIpc) is 2.54. The van der Waals surface area contributed by atoms with Crippen LogP contribution >= 0.6 is 0 Å². The van der Waals surface area contributed by atoms with Crippen LogP contribution in [-0.4, -0.2) is 82.3 Å². The molecule has 0 spiro atoms. The molecule has 0 saturated carbocycles. The number of hydrogen-bond acceptors (Lipinski definition) is 8. The van der Waals surface area contributed by atoms with Crippen molar-refractivity contribution < 1.29 is 39.3 Å². The zero-order valence-electron chi connectivity index (χ0n) is 14.0. The standard InChI is InChI=1S/C13H23N5O8/c1-5(20)10(18-11(23)6(14)4-19)12(24)16-3-9(22)17-7(13(25)26)2-8(15)21/h5-7,10,19-20H,2-4,14H2,1H3,(H2,15,21)(H,16,24)(H,17,22)(H,18,23)(H,25,26). The monoisotopic (exact) mass is 377 g/mol. The number of carbonyl (C=O) groups is 5. The lowest BCUT2D eigenvalue weighted by Gasteiger charge is -2.22. The Hall–Kier alpha value is -2.77. The van der Waals surface area contributed by atoms with Crippen molar-refractivity contribution in [2.45, 2.75) is 37.6 Å². The zero-order chi connectivity index (χ0) is 20.4. The number of amides is 4. The third-order valence-electron chi connectivity index (χ3n) is 3.06. The number of carboxylic acids is 1. The summed E-state index contributed by atoms with van der Waals surface area (Å²) in [6.07, 6.45) is -1.99. The van der Waals surface area contributed by atoms with Crippen LogP contribution in [0, 0.1) is 0 Å². The van der Waals surface area contributed by atoms with E-state index < -0.39 is 73.4 Å². The summed E-state index contributed by atoms with van der Waals surface area (Å²) >= 11 is 0. The van der Waals surface area contributed by atoms with Gasteiger partial charge in [-0.3, -0.25) is 19.2 Å². The topological polar surface area (TPSA) is 234 Å². The number of aliphatic hydroxyl groups excluding tert-OH is 2. The number of carboxylic acid groups (broad SMARTS) is 1. The van der Waals surface area contributed by atoms with Crippen molar-refractivity contribution in [3.05, 3.63) is 0 Å². The van der Waals surface area contributed by atoms with Crippen LogP contribution in [0.5, 0.6) is 0 Å². The van der Waals surface area contributed by atoms with Gasteiger partial charge in [-0.05, 0) is 6.92 Å². The summed E-state index contributed by atoms with van der Waals surface area (Å²) in [7, 11) is 0. The van der Waals surface area contributed by atoms with Crippen molar-refractivity contribution in [2.24, 2.45) is 11.5 Å². The van der Waals surface area contributed by atoms with E-state index in [9.17, 15) is 29.1 Å². The molecule has 148 valence electrons. The number of aliphatic hydroxyl groups is 2. The maximum Gasteiger partial charge on any atom is 0.326 e. The minimum absolute atomic E-state index is 0.638. The Bertz CT molecular complexity index is 553. The lowest BCUT2D eigenvalue weighted by molar-refractivity contribution is -0.143. The Labute approximate surface area is 148 Å². The van der Waals surface area contributed by atoms with Crippen molar-refractivity contribution in [1.82, 2.24) is 16.0 Å². The largest absolute Gasteiger partial charge is 0.480 e. The minimum atomic E-state index is -1.56. The molecule has 4 atom stereocenters. The number of hydrogen-bond donors (Lipinski definition) is 8. The molecule has 0 bridgehead atoms. The number of carbonyl (C=O) groups excluding carboxylic acids is 4. The Balaban J connectivity index is 4.71. The number of aliphatic carboxylic acids is 1. The summed E-state index contributed by atoms with van der Waals surface area (Å²) < 4.78 is 0. The van der Waals surface area contributed by atoms with E-state index in [-0.39, 0.29) is 0 Å². The van der Waals surface area contributed by atoms with Gasteiger partial charge in [0.1, 0.15) is 18.1 Å². The van der Waals surface area contributed by atoms with E-state index in [1.165, 1.54) is 6.92 Å². The fourth-order valence-corrected chi connectivity index (χ4v) is 1.67. The second-order valence-electron chi connectivity index (χ2n) is 5.36. The fraction of sp³-hybridized carbons (Fsp3) is 0.615. The quantitative estimate of drug-likeness (QED) is 0.171. The molecule has 4 unspecified atom stereocenters. The predicted octanol–water partition coefficient (Wildman–Crippen LogP) is -5.27. The molecule has 0 aromatic heterocycles. The molecule has 26 heavy (non-hydrogen) atoms. The van der Waals surface area contributed by atoms with E-state index in [0.717, 1.165) is 0 Å². The summed E-state index contributed by atoms with van der Waals surface area (Å²) in [5.74, 6) is -5.22. The molecule has 10 N–H and O–H groups in total. The normalized spacial score (nSPS) is 15.1. The number of nitrogens with two attached hydrogens (primary N) is 2. The zero-order valence-corrected chi connectivity index (χ0v) is 14.0. The van der Waals surface area contributed by atoms with Gasteiger partial charge in [-0.2, -0.15) is 0 Å². The van der Waals surface area contributed by atoms with Crippen molar-refractivity contribution in [3.63, 3.8) is 0 Å². The first kappa shape index (κ1) is 23.2. The van der Waals surface area contributed by atoms with E-state index >= 15 is 0 Å². The van der Waals surface area contributed by atoms with Crippen molar-refractivity contribution in [1.29, 1.82) is 0 Å². The van der Waals surface area contributed by atoms with Crippen LogP contribution in [0.25, 0.3) is 0 Å². The van der Waals surface area contributed by atoms with Crippen molar-refractivity contribution >= 4 is 29.6 Å². The molecule has 0 aliphatic carbocycles. The van der Waals surface area contributed by atoms with Gasteiger partial charge < -0.3 is 42.7 Å². The molecular formula is C13H23N5O8. The third kappa shape index (κ3) is 8.36. The molecule has 13 nitrogen and oxygen atoms in total. The summed E-state index contributed by atoms with van der Waals surface area (Å²) in [5.41, 5.74) is 10.1. The van der Waals surface area contributed by atoms with Crippen LogP contribution in [0.4, 0.5) is 0 Å². The number of nitrogens with one attached hydrogen (secondary N) is 3. The van der Waals surface area contributed by atoms with Gasteiger partial charge in [0.2, 0.25) is 23.6 Å². The maximum absolute atomic E-state index is 12.0. The molecule has 0 rings (SSSR count). The van der Waals surface area contributed by atoms with E-state index in [2.05, 4.69) is 10.6 Å². The van der Waals surface area contributed by atoms with E-state index in [4.69, 9.17) is 21.7 Å². The maximum atomic E-state index is 12.0. The third-order valence-corrected chi connectivity index (χ3v) is 3.06. The first-order valence-electron chi connectivity index (χ1n) is 7.42. The summed E-state index contributed by atoms with van der Waals surface area (Å²) in [6.45, 7) is -0.173. The molecular weight excluding hydrogens is 354 g/mol. The van der Waals surface area contributed by atoms with Gasteiger partial charge in [0.05, 0.1) is 25.7 Å². The Kier molecular flexibility index (Phi) is 9.80. The Morgan fingerprint density at radius 3 is 2.08 bits per heavy atom. The molecule has 0 aliphatic rings. The first-order chi connectivity index (χ1) is 12.0. The van der Waals surface area contributed by atoms with Gasteiger partial charge in [0, 0.05) is 0 Å². The van der Waals surface area contributed by atoms with Gasteiger partial charge in [-0.25, -0.2) is 4.79 Å². The summed E-state index contributed by atoms with van der Waals surface area (Å²) in [6, 6.07) is -4.34. The van der Waals surface area contributed by atoms with Crippen LogP contribution in [0.15, 0.2) is 0 Å². The van der Waals surface area contributed by atoms with Gasteiger partial charge >= 0.3 is 5.97 Å².